The Morgan fingerprint density at radius 1 is 1.47 bits per heavy atom. The quantitative estimate of drug-likeness (QED) is 0.925. The second kappa shape index (κ2) is 7.51. The van der Waals surface area contributed by atoms with E-state index in [0.29, 0.717) is 0 Å². The van der Waals surface area contributed by atoms with Crippen molar-refractivity contribution >= 4 is 24.0 Å². The zero-order valence-electron chi connectivity index (χ0n) is 11.7. The molecular weight excluding hydrogens is 260 g/mol. The molecule has 106 valence electrons. The van der Waals surface area contributed by atoms with Crippen LogP contribution in [0.1, 0.15) is 25.3 Å². The maximum absolute atomic E-state index is 12.5. The first-order chi connectivity index (χ1) is 8.72. The molecule has 0 aliphatic carbocycles. The summed E-state index contributed by atoms with van der Waals surface area (Å²) in [6.07, 6.45) is 2.11. The van der Waals surface area contributed by atoms with E-state index < -0.39 is 0 Å². The van der Waals surface area contributed by atoms with Crippen molar-refractivity contribution in [3.63, 3.8) is 0 Å². The summed E-state index contributed by atoms with van der Waals surface area (Å²) in [6.45, 7) is 6.70. The first-order valence-corrected chi connectivity index (χ1v) is 6.81. The lowest BCUT2D eigenvalue weighted by Crippen LogP contribution is -2.43. The summed E-state index contributed by atoms with van der Waals surface area (Å²) in [4.78, 5) is 14.4. The molecule has 1 heterocycles. The molecule has 2 rings (SSSR count). The van der Waals surface area contributed by atoms with Gasteiger partial charge in [-0.3, -0.25) is 4.79 Å². The average Bonchev–Trinajstić information content (AvgIpc) is 2.40. The maximum atomic E-state index is 12.5. The van der Waals surface area contributed by atoms with E-state index in [2.05, 4.69) is 24.4 Å². The minimum atomic E-state index is 0. The van der Waals surface area contributed by atoms with E-state index >= 15 is 0 Å². The van der Waals surface area contributed by atoms with Crippen LogP contribution in [0, 0.1) is 12.8 Å². The van der Waals surface area contributed by atoms with Crippen molar-refractivity contribution in [2.45, 2.75) is 26.7 Å². The fourth-order valence-corrected chi connectivity index (χ4v) is 2.54. The number of carbonyl (C=O) groups is 1. The third kappa shape index (κ3) is 3.95. The number of piperidine rings is 1. The Morgan fingerprint density at radius 2 is 2.26 bits per heavy atom. The minimum Gasteiger partial charge on any atom is -0.316 e. The summed E-state index contributed by atoms with van der Waals surface area (Å²) >= 11 is 0. The summed E-state index contributed by atoms with van der Waals surface area (Å²) in [5.41, 5.74) is 2.22. The van der Waals surface area contributed by atoms with Gasteiger partial charge in [0.05, 0.1) is 5.92 Å². The molecule has 1 aromatic rings. The van der Waals surface area contributed by atoms with Crippen molar-refractivity contribution in [3.05, 3.63) is 29.8 Å². The molecule has 1 aliphatic rings. The van der Waals surface area contributed by atoms with Gasteiger partial charge in [0.15, 0.2) is 0 Å². The van der Waals surface area contributed by atoms with E-state index in [9.17, 15) is 4.79 Å². The van der Waals surface area contributed by atoms with Gasteiger partial charge in [-0.2, -0.15) is 0 Å². The highest BCUT2D eigenvalue weighted by atomic mass is 35.5. The fraction of sp³-hybridized carbons (Fsp3) is 0.533. The molecule has 1 atom stereocenters. The number of halogens is 1. The molecule has 1 unspecified atom stereocenters. The molecule has 1 aromatic carbocycles. The van der Waals surface area contributed by atoms with Gasteiger partial charge in [-0.1, -0.05) is 12.1 Å². The number of nitrogens with one attached hydrogen (secondary N) is 1. The van der Waals surface area contributed by atoms with Crippen molar-refractivity contribution < 1.29 is 4.79 Å². The summed E-state index contributed by atoms with van der Waals surface area (Å²) in [7, 11) is 0. The third-order valence-electron chi connectivity index (χ3n) is 3.54. The summed E-state index contributed by atoms with van der Waals surface area (Å²) in [6, 6.07) is 8.17. The first kappa shape index (κ1) is 16.0. The zero-order valence-corrected chi connectivity index (χ0v) is 12.5. The number of carbonyl (C=O) groups excluding carboxylic acids is 1. The Hall–Kier alpha value is -1.06. The molecular formula is C15H23ClN2O. The highest BCUT2D eigenvalue weighted by molar-refractivity contribution is 5.95. The topological polar surface area (TPSA) is 32.3 Å². The molecule has 1 amide bonds. The number of aryl methyl sites for hydroxylation is 1. The lowest BCUT2D eigenvalue weighted by Gasteiger charge is -2.29. The molecule has 1 N–H and O–H groups in total. The van der Waals surface area contributed by atoms with Crippen LogP contribution in [0.4, 0.5) is 5.69 Å². The van der Waals surface area contributed by atoms with E-state index in [-0.39, 0.29) is 24.2 Å². The van der Waals surface area contributed by atoms with Gasteiger partial charge in [0, 0.05) is 18.8 Å². The number of benzene rings is 1. The van der Waals surface area contributed by atoms with Crippen LogP contribution in [0.2, 0.25) is 0 Å². The largest absolute Gasteiger partial charge is 0.316 e. The van der Waals surface area contributed by atoms with Crippen LogP contribution in [-0.2, 0) is 4.79 Å². The van der Waals surface area contributed by atoms with Gasteiger partial charge < -0.3 is 10.2 Å². The third-order valence-corrected chi connectivity index (χ3v) is 3.54. The van der Waals surface area contributed by atoms with Gasteiger partial charge in [-0.25, -0.2) is 0 Å². The number of hydrogen-bond acceptors (Lipinski definition) is 2. The van der Waals surface area contributed by atoms with Crippen LogP contribution < -0.4 is 10.2 Å². The fourth-order valence-electron chi connectivity index (χ4n) is 2.54. The second-order valence-corrected chi connectivity index (χ2v) is 4.96. The van der Waals surface area contributed by atoms with Crippen molar-refractivity contribution in [2.24, 2.45) is 5.92 Å². The predicted molar refractivity (Wildman–Crippen MR) is 82.0 cm³/mol. The molecule has 1 saturated heterocycles. The van der Waals surface area contributed by atoms with Crippen LogP contribution in [0.25, 0.3) is 0 Å². The van der Waals surface area contributed by atoms with E-state index in [1.54, 1.807) is 0 Å². The minimum absolute atomic E-state index is 0. The molecule has 0 aromatic heterocycles. The Balaban J connectivity index is 0.00000180. The Labute approximate surface area is 121 Å². The maximum Gasteiger partial charge on any atom is 0.231 e. The highest BCUT2D eigenvalue weighted by Gasteiger charge is 2.25. The van der Waals surface area contributed by atoms with Crippen LogP contribution in [0.15, 0.2) is 24.3 Å². The summed E-state index contributed by atoms with van der Waals surface area (Å²) in [5.74, 6) is 0.398. The molecule has 4 heteroatoms. The van der Waals surface area contributed by atoms with Gasteiger partial charge in [-0.05, 0) is 50.9 Å². The second-order valence-electron chi connectivity index (χ2n) is 4.96. The number of rotatable bonds is 3. The van der Waals surface area contributed by atoms with Crippen molar-refractivity contribution in [2.75, 3.05) is 24.5 Å². The molecule has 0 spiro atoms. The van der Waals surface area contributed by atoms with Crippen molar-refractivity contribution in [1.29, 1.82) is 0 Å². The zero-order chi connectivity index (χ0) is 13.0. The van der Waals surface area contributed by atoms with Crippen LogP contribution >= 0.6 is 12.4 Å². The highest BCUT2D eigenvalue weighted by Crippen LogP contribution is 2.21. The van der Waals surface area contributed by atoms with Crippen LogP contribution in [0.5, 0.6) is 0 Å². The van der Waals surface area contributed by atoms with Gasteiger partial charge in [0.25, 0.3) is 0 Å². The molecule has 0 radical (unpaired) electrons. The Bertz CT molecular complexity index is 416. The number of anilines is 1. The number of nitrogens with zero attached hydrogens (tertiary/aromatic N) is 1. The number of amides is 1. The predicted octanol–water partition coefficient (Wildman–Crippen LogP) is 2.77. The van der Waals surface area contributed by atoms with Crippen LogP contribution in [-0.4, -0.2) is 25.5 Å². The van der Waals surface area contributed by atoms with E-state index in [1.165, 1.54) is 5.56 Å². The van der Waals surface area contributed by atoms with E-state index in [1.807, 2.05) is 24.0 Å². The molecule has 1 aliphatic heterocycles. The van der Waals surface area contributed by atoms with E-state index in [4.69, 9.17) is 0 Å². The van der Waals surface area contributed by atoms with Crippen molar-refractivity contribution in [3.8, 4) is 0 Å². The Kier molecular flexibility index (Phi) is 6.32. The standard InChI is InChI=1S/C15H22N2O.ClH/c1-3-17(14-8-4-6-12(2)10-14)15(18)13-7-5-9-16-11-13;/h4,6,8,10,13,16H,3,5,7,9,11H2,1-2H3;1H. The molecule has 0 bridgehead atoms. The van der Waals surface area contributed by atoms with Gasteiger partial charge in [-0.15, -0.1) is 12.4 Å². The summed E-state index contributed by atoms with van der Waals surface area (Å²) < 4.78 is 0. The molecule has 0 saturated carbocycles. The lowest BCUT2D eigenvalue weighted by atomic mass is 9.97. The average molecular weight is 283 g/mol. The van der Waals surface area contributed by atoms with Gasteiger partial charge >= 0.3 is 0 Å². The van der Waals surface area contributed by atoms with E-state index in [0.717, 1.165) is 38.2 Å². The monoisotopic (exact) mass is 282 g/mol. The van der Waals surface area contributed by atoms with Gasteiger partial charge in [0.2, 0.25) is 5.91 Å². The van der Waals surface area contributed by atoms with Gasteiger partial charge in [0.1, 0.15) is 0 Å². The smallest absolute Gasteiger partial charge is 0.231 e. The lowest BCUT2D eigenvalue weighted by molar-refractivity contribution is -0.122. The molecule has 19 heavy (non-hydrogen) atoms. The normalized spacial score (nSPS) is 18.5. The van der Waals surface area contributed by atoms with Crippen molar-refractivity contribution in [1.82, 2.24) is 5.32 Å². The van der Waals surface area contributed by atoms with Crippen LogP contribution in [0.3, 0.4) is 0 Å². The Morgan fingerprint density at radius 3 is 2.84 bits per heavy atom. The number of hydrogen-bond donors (Lipinski definition) is 1. The SMILES string of the molecule is CCN(C(=O)C1CCCNC1)c1cccc(C)c1.Cl. The first-order valence-electron chi connectivity index (χ1n) is 6.81. The molecule has 3 nitrogen and oxygen atoms in total. The molecule has 1 fully saturated rings. The summed E-state index contributed by atoms with van der Waals surface area (Å²) in [5, 5.41) is 3.31.